The van der Waals surface area contributed by atoms with Crippen LogP contribution in [0.15, 0.2) is 22.7 Å². The highest BCUT2D eigenvalue weighted by Crippen LogP contribution is 2.39. The number of aryl methyl sites for hydroxylation is 1. The third kappa shape index (κ3) is 3.79. The average Bonchev–Trinajstić information content (AvgIpc) is 3.41. The maximum Gasteiger partial charge on any atom is 0.322 e. The summed E-state index contributed by atoms with van der Waals surface area (Å²) in [6, 6.07) is 5.36. The van der Waals surface area contributed by atoms with Crippen LogP contribution >= 0.6 is 0 Å². The van der Waals surface area contributed by atoms with E-state index in [4.69, 9.17) is 4.52 Å². The number of aromatic nitrogens is 2. The van der Waals surface area contributed by atoms with Crippen LogP contribution in [0.2, 0.25) is 0 Å². The molecule has 0 bridgehead atoms. The number of anilines is 1. The number of urea groups is 1. The number of rotatable bonds is 3. The third-order valence-corrected chi connectivity index (χ3v) is 4.99. The molecule has 0 radical (unpaired) electrons. The van der Waals surface area contributed by atoms with E-state index in [9.17, 15) is 9.59 Å². The fraction of sp³-hybridized carbons (Fsp3) is 0.474. The number of hydrogen-bond donors (Lipinski definition) is 1. The lowest BCUT2D eigenvalue weighted by Gasteiger charge is -2.21. The van der Waals surface area contributed by atoms with Gasteiger partial charge in [0.1, 0.15) is 6.54 Å². The van der Waals surface area contributed by atoms with Crippen LogP contribution in [0.5, 0.6) is 0 Å². The van der Waals surface area contributed by atoms with Crippen molar-refractivity contribution in [3.05, 3.63) is 29.6 Å². The zero-order chi connectivity index (χ0) is 19.0. The molecule has 142 valence electrons. The van der Waals surface area contributed by atoms with Gasteiger partial charge in [0, 0.05) is 26.1 Å². The zero-order valence-electron chi connectivity index (χ0n) is 15.6. The van der Waals surface area contributed by atoms with E-state index in [0.717, 1.165) is 30.7 Å². The van der Waals surface area contributed by atoms with Gasteiger partial charge in [-0.2, -0.15) is 4.98 Å². The Labute approximate surface area is 157 Å². The molecule has 1 N–H and O–H groups in total. The summed E-state index contributed by atoms with van der Waals surface area (Å²) < 4.78 is 5.44. The predicted molar refractivity (Wildman–Crippen MR) is 99.3 cm³/mol. The molecule has 8 nitrogen and oxygen atoms in total. The lowest BCUT2D eigenvalue weighted by molar-refractivity contribution is -0.129. The molecule has 2 heterocycles. The molecule has 27 heavy (non-hydrogen) atoms. The summed E-state index contributed by atoms with van der Waals surface area (Å²) in [5.74, 6) is 1.47. The van der Waals surface area contributed by atoms with Gasteiger partial charge in [-0.05, 0) is 38.3 Å². The van der Waals surface area contributed by atoms with Crippen LogP contribution in [0.1, 0.15) is 36.6 Å². The first-order valence-electron chi connectivity index (χ1n) is 9.26. The Morgan fingerprint density at radius 1 is 1.30 bits per heavy atom. The summed E-state index contributed by atoms with van der Waals surface area (Å²) in [6.45, 7) is 3.24. The van der Waals surface area contributed by atoms with Gasteiger partial charge in [0.2, 0.25) is 5.91 Å². The molecule has 1 aromatic carbocycles. The molecule has 1 saturated carbocycles. The van der Waals surface area contributed by atoms with E-state index in [1.54, 1.807) is 16.8 Å². The summed E-state index contributed by atoms with van der Waals surface area (Å²) in [5.41, 5.74) is 2.32. The normalized spacial score (nSPS) is 17.8. The van der Waals surface area contributed by atoms with Gasteiger partial charge in [-0.1, -0.05) is 16.8 Å². The first-order chi connectivity index (χ1) is 13.0. The molecular formula is C19H23N5O3. The van der Waals surface area contributed by atoms with Gasteiger partial charge in [-0.25, -0.2) is 4.79 Å². The number of amides is 3. The minimum Gasteiger partial charge on any atom is -0.344 e. The average molecular weight is 369 g/mol. The van der Waals surface area contributed by atoms with Crippen LogP contribution in [0.4, 0.5) is 10.5 Å². The van der Waals surface area contributed by atoms with Crippen molar-refractivity contribution in [3.63, 3.8) is 0 Å². The van der Waals surface area contributed by atoms with E-state index in [-0.39, 0.29) is 18.5 Å². The van der Waals surface area contributed by atoms with Crippen LogP contribution in [0, 0.1) is 6.92 Å². The van der Waals surface area contributed by atoms with E-state index < -0.39 is 0 Å². The van der Waals surface area contributed by atoms with Crippen molar-refractivity contribution in [3.8, 4) is 11.5 Å². The molecule has 1 aliphatic carbocycles. The van der Waals surface area contributed by atoms with Gasteiger partial charge in [-0.15, -0.1) is 0 Å². The fourth-order valence-corrected chi connectivity index (χ4v) is 3.15. The molecule has 2 fully saturated rings. The van der Waals surface area contributed by atoms with Gasteiger partial charge in [-0.3, -0.25) is 4.79 Å². The highest BCUT2D eigenvalue weighted by Gasteiger charge is 2.30. The highest BCUT2D eigenvalue weighted by atomic mass is 16.5. The Bertz CT molecular complexity index is 874. The van der Waals surface area contributed by atoms with Gasteiger partial charge < -0.3 is 19.6 Å². The molecule has 0 unspecified atom stereocenters. The molecule has 1 aromatic heterocycles. The summed E-state index contributed by atoms with van der Waals surface area (Å²) in [6.07, 6.45) is 2.94. The van der Waals surface area contributed by atoms with E-state index in [1.807, 2.05) is 25.1 Å². The van der Waals surface area contributed by atoms with Crippen LogP contribution in [0.25, 0.3) is 11.5 Å². The number of benzene rings is 1. The summed E-state index contributed by atoms with van der Waals surface area (Å²) in [4.78, 5) is 32.5. The quantitative estimate of drug-likeness (QED) is 0.898. The standard InChI is InChI=1S/C19H23N5O3/c1-12-4-7-15(14(10-12)18-21-17(22-27-18)13-5-6-13)20-19(26)24-9-3-8-23(2)16(25)11-24/h4,7,10,13H,3,5-6,8-9,11H2,1-2H3,(H,20,26). The molecule has 0 spiro atoms. The van der Waals surface area contributed by atoms with Crippen molar-refractivity contribution in [2.24, 2.45) is 0 Å². The number of carbonyl (C=O) groups excluding carboxylic acids is 2. The maximum atomic E-state index is 12.7. The van der Waals surface area contributed by atoms with E-state index in [0.29, 0.717) is 36.1 Å². The van der Waals surface area contributed by atoms with Gasteiger partial charge >= 0.3 is 6.03 Å². The Morgan fingerprint density at radius 2 is 2.11 bits per heavy atom. The largest absolute Gasteiger partial charge is 0.344 e. The Balaban J connectivity index is 1.56. The lowest BCUT2D eigenvalue weighted by atomic mass is 10.1. The lowest BCUT2D eigenvalue weighted by Crippen LogP contribution is -2.40. The van der Waals surface area contributed by atoms with Crippen molar-refractivity contribution in [2.45, 2.75) is 32.1 Å². The second kappa shape index (κ2) is 7.02. The molecular weight excluding hydrogens is 346 g/mol. The summed E-state index contributed by atoms with van der Waals surface area (Å²) in [5, 5.41) is 6.98. The van der Waals surface area contributed by atoms with Crippen molar-refractivity contribution in [1.82, 2.24) is 19.9 Å². The maximum absolute atomic E-state index is 12.7. The Kier molecular flexibility index (Phi) is 4.55. The van der Waals surface area contributed by atoms with E-state index in [2.05, 4.69) is 15.5 Å². The number of likely N-dealkylation sites (N-methyl/N-ethyl adjacent to an activating group) is 1. The molecule has 2 aliphatic rings. The molecule has 0 atom stereocenters. The number of carbonyl (C=O) groups is 2. The van der Waals surface area contributed by atoms with Crippen molar-refractivity contribution in [1.29, 1.82) is 0 Å². The van der Waals surface area contributed by atoms with Crippen LogP contribution in [-0.4, -0.2) is 58.6 Å². The number of nitrogens with one attached hydrogen (secondary N) is 1. The van der Waals surface area contributed by atoms with Crippen LogP contribution in [-0.2, 0) is 4.79 Å². The summed E-state index contributed by atoms with van der Waals surface area (Å²) in [7, 11) is 1.76. The topological polar surface area (TPSA) is 91.6 Å². The first kappa shape index (κ1) is 17.5. The van der Waals surface area contributed by atoms with Gasteiger partial charge in [0.15, 0.2) is 5.82 Å². The molecule has 1 saturated heterocycles. The third-order valence-electron chi connectivity index (χ3n) is 4.99. The predicted octanol–water partition coefficient (Wildman–Crippen LogP) is 2.62. The fourth-order valence-electron chi connectivity index (χ4n) is 3.15. The van der Waals surface area contributed by atoms with Gasteiger partial charge in [0.25, 0.3) is 5.89 Å². The van der Waals surface area contributed by atoms with E-state index in [1.165, 1.54) is 0 Å². The van der Waals surface area contributed by atoms with E-state index >= 15 is 0 Å². The zero-order valence-corrected chi connectivity index (χ0v) is 15.6. The first-order valence-corrected chi connectivity index (χ1v) is 9.26. The molecule has 1 aliphatic heterocycles. The molecule has 2 aromatic rings. The van der Waals surface area contributed by atoms with Crippen LogP contribution < -0.4 is 5.32 Å². The van der Waals surface area contributed by atoms with Crippen molar-refractivity contribution < 1.29 is 14.1 Å². The smallest absolute Gasteiger partial charge is 0.322 e. The molecule has 3 amide bonds. The minimum absolute atomic E-state index is 0.0576. The van der Waals surface area contributed by atoms with Gasteiger partial charge in [0.05, 0.1) is 11.3 Å². The molecule has 8 heteroatoms. The summed E-state index contributed by atoms with van der Waals surface area (Å²) >= 11 is 0. The second-order valence-corrected chi connectivity index (χ2v) is 7.30. The second-order valence-electron chi connectivity index (χ2n) is 7.30. The highest BCUT2D eigenvalue weighted by molar-refractivity contribution is 5.95. The number of nitrogens with zero attached hydrogens (tertiary/aromatic N) is 4. The Hall–Kier alpha value is -2.90. The minimum atomic E-state index is -0.300. The SMILES string of the molecule is Cc1ccc(NC(=O)N2CCCN(C)C(=O)C2)c(-c2nc(C3CC3)no2)c1. The number of hydrogen-bond acceptors (Lipinski definition) is 5. The van der Waals surface area contributed by atoms with Crippen molar-refractivity contribution in [2.75, 3.05) is 32.0 Å². The Morgan fingerprint density at radius 3 is 2.89 bits per heavy atom. The van der Waals surface area contributed by atoms with Crippen LogP contribution in [0.3, 0.4) is 0 Å². The van der Waals surface area contributed by atoms with Crippen molar-refractivity contribution >= 4 is 17.6 Å². The molecule has 4 rings (SSSR count). The monoisotopic (exact) mass is 369 g/mol.